The van der Waals surface area contributed by atoms with Crippen molar-refractivity contribution in [1.82, 2.24) is 50.4 Å². The lowest BCUT2D eigenvalue weighted by atomic mass is 10.2. The zero-order chi connectivity index (χ0) is 29.1. The third-order valence-corrected chi connectivity index (χ3v) is 5.90. The van der Waals surface area contributed by atoms with Gasteiger partial charge in [0.25, 0.3) is 0 Å². The molecule has 0 fully saturated rings. The molecule has 0 aliphatic rings. The van der Waals surface area contributed by atoms with Crippen molar-refractivity contribution < 1.29 is 17.6 Å². The summed E-state index contributed by atoms with van der Waals surface area (Å²) in [6.45, 7) is 0. The minimum atomic E-state index is -1.05. The van der Waals surface area contributed by atoms with Crippen LogP contribution in [-0.4, -0.2) is 50.4 Å². The fourth-order valence-electron chi connectivity index (χ4n) is 3.58. The summed E-state index contributed by atoms with van der Waals surface area (Å²) in [5.41, 5.74) is 12.1. The molecule has 0 radical (unpaired) electrons. The smallest absolute Gasteiger partial charge is 0.190 e. The van der Waals surface area contributed by atoms with E-state index < -0.39 is 23.3 Å². The summed E-state index contributed by atoms with van der Waals surface area (Å²) in [5.74, 6) is -3.36. The number of anilines is 2. The Morgan fingerprint density at radius 1 is 0.659 bits per heavy atom. The van der Waals surface area contributed by atoms with Crippen molar-refractivity contribution in [2.45, 2.75) is 0 Å². The van der Waals surface area contributed by atoms with Crippen molar-refractivity contribution in [3.05, 3.63) is 94.7 Å². The van der Waals surface area contributed by atoms with Gasteiger partial charge in [-0.3, -0.25) is 0 Å². The van der Waals surface area contributed by atoms with E-state index in [0.29, 0.717) is 15.6 Å². The van der Waals surface area contributed by atoms with Crippen molar-refractivity contribution >= 4 is 27.6 Å². The molecule has 0 unspecified atom stereocenters. The van der Waals surface area contributed by atoms with E-state index in [2.05, 4.69) is 56.9 Å². The molecule has 41 heavy (non-hydrogen) atoms. The highest BCUT2D eigenvalue weighted by molar-refractivity contribution is 9.10. The molecule has 0 atom stereocenters. The number of nitrogen functional groups attached to an aromatic ring is 2. The highest BCUT2D eigenvalue weighted by atomic mass is 79.9. The maximum Gasteiger partial charge on any atom is 0.190 e. The van der Waals surface area contributed by atoms with Crippen LogP contribution in [0.3, 0.4) is 0 Å². The van der Waals surface area contributed by atoms with E-state index in [9.17, 15) is 17.6 Å². The van der Waals surface area contributed by atoms with Crippen LogP contribution in [0.25, 0.3) is 34.2 Å². The summed E-state index contributed by atoms with van der Waals surface area (Å²) in [7, 11) is 0. The molecule has 0 spiro atoms. The Kier molecular flexibility index (Phi) is 7.59. The van der Waals surface area contributed by atoms with Crippen LogP contribution in [0.15, 0.2) is 71.5 Å². The normalized spacial score (nSPS) is 10.8. The van der Waals surface area contributed by atoms with Crippen molar-refractivity contribution in [2.24, 2.45) is 0 Å². The Morgan fingerprint density at radius 3 is 1.76 bits per heavy atom. The average Bonchev–Trinajstić information content (AvgIpc) is 3.64. The molecular weight excluding hydrogens is 612 g/mol. The second-order valence-electron chi connectivity index (χ2n) is 8.00. The minimum absolute atomic E-state index is 0.103. The zero-order valence-corrected chi connectivity index (χ0v) is 22.0. The van der Waals surface area contributed by atoms with E-state index >= 15 is 0 Å². The third-order valence-electron chi connectivity index (χ3n) is 5.46. The average molecular weight is 627 g/mol. The summed E-state index contributed by atoms with van der Waals surface area (Å²) in [5, 5.41) is 21.9. The van der Waals surface area contributed by atoms with Gasteiger partial charge in [0.05, 0.1) is 11.1 Å². The van der Waals surface area contributed by atoms with Gasteiger partial charge in [-0.05, 0) is 79.2 Å². The molecule has 12 nitrogen and oxygen atoms in total. The Hall–Kier alpha value is -5.32. The highest BCUT2D eigenvalue weighted by Crippen LogP contribution is 2.28. The minimum Gasteiger partial charge on any atom is -0.383 e. The van der Waals surface area contributed by atoms with Gasteiger partial charge in [0, 0.05) is 16.9 Å². The number of aromatic nitrogens is 10. The number of hydrogen-bond donors (Lipinski definition) is 2. The van der Waals surface area contributed by atoms with Gasteiger partial charge < -0.3 is 11.5 Å². The van der Waals surface area contributed by atoms with Crippen molar-refractivity contribution in [3.63, 3.8) is 0 Å². The van der Waals surface area contributed by atoms with Crippen molar-refractivity contribution in [3.8, 4) is 34.2 Å². The Bertz CT molecular complexity index is 1840. The van der Waals surface area contributed by atoms with Crippen LogP contribution < -0.4 is 11.5 Å². The fraction of sp³-hybridized carbons (Fsp3) is 0. The first-order valence-corrected chi connectivity index (χ1v) is 12.1. The van der Waals surface area contributed by atoms with Gasteiger partial charge in [-0.2, -0.15) is 9.36 Å². The molecule has 2 aromatic carbocycles. The fourth-order valence-corrected chi connectivity index (χ4v) is 3.91. The summed E-state index contributed by atoms with van der Waals surface area (Å²) in [6.07, 6.45) is 3.02. The quantitative estimate of drug-likeness (QED) is 0.274. The molecule has 0 bridgehead atoms. The van der Waals surface area contributed by atoms with E-state index in [1.165, 1.54) is 36.7 Å². The monoisotopic (exact) mass is 626 g/mol. The lowest BCUT2D eigenvalue weighted by Crippen LogP contribution is -2.05. The molecule has 6 aromatic rings. The van der Waals surface area contributed by atoms with Crippen LogP contribution in [0.1, 0.15) is 0 Å². The Balaban J connectivity index is 0.000000165. The highest BCUT2D eigenvalue weighted by Gasteiger charge is 2.20. The SMILES string of the molecule is Nc1ncc(Br)cc1-c1nnnn1-c1cccc(F)c1F.Nc1ncccc1-c1nnnn1-c1cccc(F)c1F. The van der Waals surface area contributed by atoms with Gasteiger partial charge in [-0.1, -0.05) is 12.1 Å². The standard InChI is InChI=1S/C12H7BrF2N6.C12H8F2N6/c13-6-4-7(11(16)17-5-6)12-18-19-20-21(12)9-3-1-2-8(14)10(9)15;13-8-4-1-5-9(10(8)14)20-12(17-18-19-20)7-3-2-6-16-11(7)15/h1-5H,(H2,16,17);1-6H,(H2,15,16). The molecule has 0 aliphatic carbocycles. The van der Waals surface area contributed by atoms with Gasteiger partial charge in [-0.25, -0.2) is 27.5 Å². The molecule has 4 N–H and O–H groups in total. The second-order valence-corrected chi connectivity index (χ2v) is 8.91. The lowest BCUT2D eigenvalue weighted by molar-refractivity contribution is 0.501. The van der Waals surface area contributed by atoms with E-state index in [0.717, 1.165) is 21.5 Å². The molecule has 4 heterocycles. The number of nitrogens with zero attached hydrogens (tertiary/aromatic N) is 10. The maximum absolute atomic E-state index is 13.9. The third kappa shape index (κ3) is 5.42. The van der Waals surface area contributed by atoms with Crippen LogP contribution in [0, 0.1) is 23.3 Å². The molecule has 206 valence electrons. The molecule has 6 rings (SSSR count). The summed E-state index contributed by atoms with van der Waals surface area (Å²) >= 11 is 3.26. The predicted octanol–water partition coefficient (Wildman–Crippen LogP) is 3.93. The largest absolute Gasteiger partial charge is 0.383 e. The van der Waals surface area contributed by atoms with E-state index in [1.807, 2.05) is 0 Å². The van der Waals surface area contributed by atoms with Crippen LogP contribution in [-0.2, 0) is 0 Å². The number of rotatable bonds is 4. The second kappa shape index (κ2) is 11.4. The molecule has 0 amide bonds. The topological polar surface area (TPSA) is 165 Å². The summed E-state index contributed by atoms with van der Waals surface area (Å²) in [4.78, 5) is 7.87. The van der Waals surface area contributed by atoms with Crippen molar-refractivity contribution in [1.29, 1.82) is 0 Å². The van der Waals surface area contributed by atoms with Crippen LogP contribution in [0.4, 0.5) is 29.2 Å². The van der Waals surface area contributed by atoms with Crippen LogP contribution in [0.2, 0.25) is 0 Å². The predicted molar refractivity (Wildman–Crippen MR) is 141 cm³/mol. The zero-order valence-electron chi connectivity index (χ0n) is 20.4. The summed E-state index contributed by atoms with van der Waals surface area (Å²) < 4.78 is 57.2. The number of halogens is 5. The van der Waals surface area contributed by atoms with Crippen molar-refractivity contribution in [2.75, 3.05) is 11.5 Å². The molecule has 0 saturated heterocycles. The first-order valence-electron chi connectivity index (χ1n) is 11.3. The maximum atomic E-state index is 13.9. The number of tetrazole rings is 2. The first kappa shape index (κ1) is 27.3. The van der Waals surface area contributed by atoms with Gasteiger partial charge in [0.2, 0.25) is 0 Å². The Morgan fingerprint density at radius 2 is 1.20 bits per heavy atom. The summed E-state index contributed by atoms with van der Waals surface area (Å²) in [6, 6.07) is 12.4. The molecule has 4 aromatic heterocycles. The molecule has 17 heteroatoms. The molecule has 0 saturated carbocycles. The van der Waals surface area contributed by atoms with Crippen LogP contribution >= 0.6 is 15.9 Å². The number of benzene rings is 2. The Labute approximate surface area is 235 Å². The van der Waals surface area contributed by atoms with E-state index in [1.54, 1.807) is 18.2 Å². The van der Waals surface area contributed by atoms with E-state index in [-0.39, 0.29) is 34.7 Å². The first-order chi connectivity index (χ1) is 19.8. The lowest BCUT2D eigenvalue weighted by Gasteiger charge is -2.07. The molecular formula is C24H15BrF4N12. The van der Waals surface area contributed by atoms with Crippen LogP contribution in [0.5, 0.6) is 0 Å². The molecule has 0 aliphatic heterocycles. The number of pyridine rings is 2. The number of nitrogens with two attached hydrogens (primary N) is 2. The van der Waals surface area contributed by atoms with Gasteiger partial charge in [-0.15, -0.1) is 10.2 Å². The van der Waals surface area contributed by atoms with Gasteiger partial charge >= 0.3 is 0 Å². The van der Waals surface area contributed by atoms with E-state index in [4.69, 9.17) is 11.5 Å². The van der Waals surface area contributed by atoms with Gasteiger partial charge in [0.1, 0.15) is 23.0 Å². The number of hydrogen-bond acceptors (Lipinski definition) is 10. The van der Waals surface area contributed by atoms with Gasteiger partial charge in [0.15, 0.2) is 34.9 Å².